The van der Waals surface area contributed by atoms with Crippen molar-refractivity contribution in [2.75, 3.05) is 11.4 Å². The van der Waals surface area contributed by atoms with Crippen LogP contribution >= 0.6 is 11.6 Å². The zero-order chi connectivity index (χ0) is 16.6. The average molecular weight is 351 g/mol. The second kappa shape index (κ2) is 5.61. The van der Waals surface area contributed by atoms with Crippen LogP contribution < -0.4 is 4.90 Å². The van der Waals surface area contributed by atoms with Gasteiger partial charge in [-0.05, 0) is 29.8 Å². The first-order chi connectivity index (χ1) is 10.9. The SMILES string of the molecule is N#CCN1C(=O)N(Cc2cccc(Cl)c2)S(=O)(=O)n2cccc21. The van der Waals surface area contributed by atoms with Gasteiger partial charge in [-0.1, -0.05) is 23.7 Å². The number of halogens is 1. The van der Waals surface area contributed by atoms with E-state index in [0.717, 1.165) is 13.2 Å². The van der Waals surface area contributed by atoms with Crippen molar-refractivity contribution in [2.24, 2.45) is 0 Å². The highest BCUT2D eigenvalue weighted by Gasteiger charge is 2.40. The molecular weight excluding hydrogens is 340 g/mol. The van der Waals surface area contributed by atoms with E-state index >= 15 is 0 Å². The molecule has 2 heterocycles. The molecule has 1 aliphatic rings. The molecule has 0 radical (unpaired) electrons. The molecule has 0 fully saturated rings. The third-order valence-corrected chi connectivity index (χ3v) is 5.27. The van der Waals surface area contributed by atoms with Gasteiger partial charge in [0, 0.05) is 11.2 Å². The maximum Gasteiger partial charge on any atom is 0.341 e. The molecule has 0 atom stereocenters. The average Bonchev–Trinajstić information content (AvgIpc) is 2.99. The first-order valence-corrected chi connectivity index (χ1v) is 8.36. The van der Waals surface area contributed by atoms with Crippen LogP contribution in [0.1, 0.15) is 5.56 Å². The third kappa shape index (κ3) is 2.54. The largest absolute Gasteiger partial charge is 0.341 e. The van der Waals surface area contributed by atoms with Crippen LogP contribution in [0.5, 0.6) is 0 Å². The molecule has 1 aromatic heterocycles. The number of benzene rings is 1. The van der Waals surface area contributed by atoms with Crippen LogP contribution in [0.4, 0.5) is 10.6 Å². The van der Waals surface area contributed by atoms with Crippen molar-refractivity contribution < 1.29 is 13.2 Å². The Morgan fingerprint density at radius 3 is 2.70 bits per heavy atom. The summed E-state index contributed by atoms with van der Waals surface area (Å²) in [5.74, 6) is 0.152. The minimum absolute atomic E-state index is 0.152. The standard InChI is InChI=1S/C14H11ClN4O3S/c15-12-4-1-3-11(9-12)10-19-14(20)17(8-6-16)13-5-2-7-18(13)23(19,21)22/h1-5,7,9H,8,10H2. The maximum atomic E-state index is 12.6. The van der Waals surface area contributed by atoms with Crippen molar-refractivity contribution in [2.45, 2.75) is 6.54 Å². The Kier molecular flexibility index (Phi) is 3.75. The lowest BCUT2D eigenvalue weighted by Crippen LogP contribution is -2.53. The number of hydrogen-bond donors (Lipinski definition) is 0. The van der Waals surface area contributed by atoms with E-state index in [9.17, 15) is 13.2 Å². The highest BCUT2D eigenvalue weighted by atomic mass is 35.5. The van der Waals surface area contributed by atoms with E-state index in [1.54, 1.807) is 24.3 Å². The van der Waals surface area contributed by atoms with E-state index in [-0.39, 0.29) is 18.9 Å². The number of carbonyl (C=O) groups is 1. The third-order valence-electron chi connectivity index (χ3n) is 3.38. The summed E-state index contributed by atoms with van der Waals surface area (Å²) in [6.45, 7) is -0.411. The molecule has 23 heavy (non-hydrogen) atoms. The molecular formula is C14H11ClN4O3S. The highest BCUT2D eigenvalue weighted by Crippen LogP contribution is 2.29. The van der Waals surface area contributed by atoms with E-state index in [4.69, 9.17) is 16.9 Å². The lowest BCUT2D eigenvalue weighted by Gasteiger charge is -2.34. The molecule has 118 valence electrons. The summed E-state index contributed by atoms with van der Waals surface area (Å²) >= 11 is 5.90. The second-order valence-corrected chi connectivity index (χ2v) is 7.00. The molecule has 0 saturated carbocycles. The van der Waals surface area contributed by atoms with E-state index in [1.807, 2.05) is 6.07 Å². The highest BCUT2D eigenvalue weighted by molar-refractivity contribution is 7.88. The number of hydrogen-bond acceptors (Lipinski definition) is 4. The first-order valence-electron chi connectivity index (χ1n) is 6.58. The quantitative estimate of drug-likeness (QED) is 0.794. The summed E-state index contributed by atoms with van der Waals surface area (Å²) < 4.78 is 27.0. The van der Waals surface area contributed by atoms with Crippen molar-refractivity contribution in [1.29, 1.82) is 5.26 Å². The van der Waals surface area contributed by atoms with E-state index in [1.165, 1.54) is 18.3 Å². The number of nitrogens with zero attached hydrogens (tertiary/aromatic N) is 4. The van der Waals surface area contributed by atoms with Gasteiger partial charge in [-0.25, -0.2) is 8.77 Å². The van der Waals surface area contributed by atoms with Crippen LogP contribution in [0.25, 0.3) is 0 Å². The van der Waals surface area contributed by atoms with E-state index in [0.29, 0.717) is 10.6 Å². The van der Waals surface area contributed by atoms with Gasteiger partial charge in [0.05, 0.1) is 12.6 Å². The van der Waals surface area contributed by atoms with Gasteiger partial charge in [0.15, 0.2) is 0 Å². The molecule has 2 amide bonds. The molecule has 3 rings (SSSR count). The Balaban J connectivity index is 2.06. The van der Waals surface area contributed by atoms with Crippen LogP contribution in [0.15, 0.2) is 42.6 Å². The molecule has 0 N–H and O–H groups in total. The molecule has 1 aromatic carbocycles. The Morgan fingerprint density at radius 1 is 1.22 bits per heavy atom. The number of carbonyl (C=O) groups excluding carboxylic acids is 1. The van der Waals surface area contributed by atoms with Crippen molar-refractivity contribution in [1.82, 2.24) is 8.28 Å². The number of fused-ring (bicyclic) bond motifs is 1. The smallest absolute Gasteiger partial charge is 0.264 e. The van der Waals surface area contributed by atoms with E-state index in [2.05, 4.69) is 0 Å². The zero-order valence-corrected chi connectivity index (χ0v) is 13.3. The van der Waals surface area contributed by atoms with Gasteiger partial charge in [-0.3, -0.25) is 4.90 Å². The Labute approximate surface area is 138 Å². The fraction of sp³-hybridized carbons (Fsp3) is 0.143. The Hall–Kier alpha value is -2.50. The Morgan fingerprint density at radius 2 is 2.00 bits per heavy atom. The van der Waals surface area contributed by atoms with Gasteiger partial charge in [-0.2, -0.15) is 18.0 Å². The molecule has 7 nitrogen and oxygen atoms in total. The van der Waals surface area contributed by atoms with Crippen LogP contribution in [-0.2, 0) is 16.8 Å². The maximum absolute atomic E-state index is 12.6. The number of anilines is 1. The van der Waals surface area contributed by atoms with E-state index < -0.39 is 16.2 Å². The van der Waals surface area contributed by atoms with Gasteiger partial charge in [-0.15, -0.1) is 0 Å². The fourth-order valence-electron chi connectivity index (χ4n) is 2.37. The molecule has 9 heteroatoms. The second-order valence-electron chi connectivity index (χ2n) is 4.83. The molecule has 0 spiro atoms. The molecule has 1 aliphatic heterocycles. The number of amides is 2. The predicted molar refractivity (Wildman–Crippen MR) is 84.1 cm³/mol. The predicted octanol–water partition coefficient (Wildman–Crippen LogP) is 2.20. The van der Waals surface area contributed by atoms with Crippen molar-refractivity contribution >= 4 is 33.7 Å². The van der Waals surface area contributed by atoms with Gasteiger partial charge in [0.1, 0.15) is 12.4 Å². The molecule has 0 unspecified atom stereocenters. The van der Waals surface area contributed by atoms with Gasteiger partial charge < -0.3 is 0 Å². The number of nitriles is 1. The number of rotatable bonds is 3. The normalized spacial score (nSPS) is 16.1. The molecule has 0 saturated heterocycles. The zero-order valence-electron chi connectivity index (χ0n) is 11.8. The number of urea groups is 1. The number of aromatic nitrogens is 1. The molecule has 0 aliphatic carbocycles. The minimum Gasteiger partial charge on any atom is -0.264 e. The summed E-state index contributed by atoms with van der Waals surface area (Å²) in [5.41, 5.74) is 0.571. The molecule has 2 aromatic rings. The monoisotopic (exact) mass is 350 g/mol. The summed E-state index contributed by atoms with van der Waals surface area (Å²) in [6, 6.07) is 10.7. The summed E-state index contributed by atoms with van der Waals surface area (Å²) in [4.78, 5) is 13.7. The van der Waals surface area contributed by atoms with Crippen molar-refractivity contribution in [3.63, 3.8) is 0 Å². The van der Waals surface area contributed by atoms with Crippen molar-refractivity contribution in [3.05, 3.63) is 53.2 Å². The van der Waals surface area contributed by atoms with Crippen molar-refractivity contribution in [3.8, 4) is 6.07 Å². The lowest BCUT2D eigenvalue weighted by molar-refractivity contribution is 0.226. The summed E-state index contributed by atoms with van der Waals surface area (Å²) in [6.07, 6.45) is 1.34. The van der Waals surface area contributed by atoms with Crippen LogP contribution in [0.3, 0.4) is 0 Å². The van der Waals surface area contributed by atoms with Gasteiger partial charge in [0.25, 0.3) is 0 Å². The lowest BCUT2D eigenvalue weighted by atomic mass is 10.2. The first kappa shape index (κ1) is 15.4. The van der Waals surface area contributed by atoms with Gasteiger partial charge >= 0.3 is 16.2 Å². The van der Waals surface area contributed by atoms with Gasteiger partial charge in [0.2, 0.25) is 0 Å². The fourth-order valence-corrected chi connectivity index (χ4v) is 4.02. The molecule has 0 bridgehead atoms. The summed E-state index contributed by atoms with van der Waals surface area (Å²) in [5, 5.41) is 9.35. The Bertz CT molecular complexity index is 916. The topological polar surface area (TPSA) is 86.4 Å². The van der Waals surface area contributed by atoms with Crippen LogP contribution in [0.2, 0.25) is 5.02 Å². The minimum atomic E-state index is -4.04. The van der Waals surface area contributed by atoms with Crippen LogP contribution in [-0.4, -0.2) is 29.3 Å². The van der Waals surface area contributed by atoms with Crippen LogP contribution in [0, 0.1) is 11.3 Å². The summed E-state index contributed by atoms with van der Waals surface area (Å²) in [7, 11) is -4.04.